The average Bonchev–Trinajstić information content (AvgIpc) is 2.83. The third kappa shape index (κ3) is 6.08. The molecule has 0 aliphatic rings. The van der Waals surface area contributed by atoms with Gasteiger partial charge in [0.2, 0.25) is 0 Å². The maximum Gasteiger partial charge on any atom is 0.508 e. The Hall–Kier alpha value is -3.85. The Labute approximate surface area is 188 Å². The maximum absolute atomic E-state index is 11.7. The Balaban J connectivity index is 1.13. The van der Waals surface area contributed by atoms with Crippen LogP contribution in [0.5, 0.6) is 0 Å². The molecule has 0 unspecified atom stereocenters. The fourth-order valence-electron chi connectivity index (χ4n) is 3.52. The average molecular weight is 423 g/mol. The molecule has 0 amide bonds. The number of fused-ring (bicyclic) bond motifs is 2. The van der Waals surface area contributed by atoms with E-state index in [0.29, 0.717) is 26.1 Å². The predicted octanol–water partition coefficient (Wildman–Crippen LogP) is 7.65. The molecule has 0 saturated carbocycles. The highest BCUT2D eigenvalue weighted by atomic mass is 16.7. The number of ether oxygens (including phenoxy) is 2. The number of carbonyl (C=O) groups excluding carboxylic acids is 1. The molecule has 0 heterocycles. The van der Waals surface area contributed by atoms with Crippen LogP contribution in [0.4, 0.5) is 4.79 Å². The monoisotopic (exact) mass is 422 g/mol. The fourth-order valence-corrected chi connectivity index (χ4v) is 3.52. The number of hydrogen-bond donors (Lipinski definition) is 0. The van der Waals surface area contributed by atoms with Gasteiger partial charge in [-0.1, -0.05) is 97.1 Å². The van der Waals surface area contributed by atoms with Crippen molar-refractivity contribution in [1.29, 1.82) is 0 Å². The molecule has 0 N–H and O–H groups in total. The SMILES string of the molecule is O=C(OCC/C=C/c1ccc2ccccc2c1)OCC/C=C/c1ccc2ccccc2c1. The Kier molecular flexibility index (Phi) is 7.33. The summed E-state index contributed by atoms with van der Waals surface area (Å²) in [7, 11) is 0. The van der Waals surface area contributed by atoms with Crippen LogP contribution < -0.4 is 0 Å². The van der Waals surface area contributed by atoms with Crippen LogP contribution in [0.25, 0.3) is 33.7 Å². The van der Waals surface area contributed by atoms with Crippen LogP contribution in [-0.4, -0.2) is 19.4 Å². The first kappa shape index (κ1) is 21.4. The molecule has 4 aromatic rings. The van der Waals surface area contributed by atoms with Crippen molar-refractivity contribution in [1.82, 2.24) is 0 Å². The third-order valence-electron chi connectivity index (χ3n) is 5.18. The van der Waals surface area contributed by atoms with E-state index in [4.69, 9.17) is 9.47 Å². The smallest absolute Gasteiger partial charge is 0.434 e. The first-order valence-corrected chi connectivity index (χ1v) is 10.9. The predicted molar refractivity (Wildman–Crippen MR) is 132 cm³/mol. The van der Waals surface area contributed by atoms with Gasteiger partial charge in [0.25, 0.3) is 0 Å². The topological polar surface area (TPSA) is 35.5 Å². The van der Waals surface area contributed by atoms with Crippen molar-refractivity contribution in [2.75, 3.05) is 13.2 Å². The van der Waals surface area contributed by atoms with Crippen molar-refractivity contribution in [3.8, 4) is 0 Å². The normalized spacial score (nSPS) is 11.5. The van der Waals surface area contributed by atoms with Gasteiger partial charge >= 0.3 is 6.16 Å². The zero-order valence-electron chi connectivity index (χ0n) is 17.9. The molecular formula is C29H26O3. The van der Waals surface area contributed by atoms with Crippen molar-refractivity contribution in [2.45, 2.75) is 12.8 Å². The molecule has 0 bridgehead atoms. The van der Waals surface area contributed by atoms with E-state index in [-0.39, 0.29) is 0 Å². The van der Waals surface area contributed by atoms with Crippen LogP contribution in [-0.2, 0) is 9.47 Å². The van der Waals surface area contributed by atoms with Gasteiger partial charge in [-0.3, -0.25) is 0 Å². The Morgan fingerprint density at radius 3 is 1.50 bits per heavy atom. The highest BCUT2D eigenvalue weighted by Gasteiger charge is 2.01. The minimum absolute atomic E-state index is 0.301. The van der Waals surface area contributed by atoms with E-state index in [0.717, 1.165) is 11.1 Å². The summed E-state index contributed by atoms with van der Waals surface area (Å²) in [6.45, 7) is 0.603. The van der Waals surface area contributed by atoms with Crippen molar-refractivity contribution >= 4 is 39.9 Å². The molecule has 0 radical (unpaired) electrons. The van der Waals surface area contributed by atoms with Crippen molar-refractivity contribution in [3.63, 3.8) is 0 Å². The van der Waals surface area contributed by atoms with Crippen molar-refractivity contribution in [3.05, 3.63) is 108 Å². The second-order valence-electron chi connectivity index (χ2n) is 7.54. The molecule has 32 heavy (non-hydrogen) atoms. The van der Waals surface area contributed by atoms with E-state index >= 15 is 0 Å². The molecule has 0 spiro atoms. The number of rotatable bonds is 8. The Morgan fingerprint density at radius 2 is 1.03 bits per heavy atom. The van der Waals surface area contributed by atoms with Crippen LogP contribution >= 0.6 is 0 Å². The van der Waals surface area contributed by atoms with Crippen LogP contribution in [0, 0.1) is 0 Å². The molecule has 3 nitrogen and oxygen atoms in total. The molecule has 4 aromatic carbocycles. The van der Waals surface area contributed by atoms with Crippen LogP contribution in [0.15, 0.2) is 97.1 Å². The first-order valence-electron chi connectivity index (χ1n) is 10.9. The number of benzene rings is 4. The van der Waals surface area contributed by atoms with E-state index in [2.05, 4.69) is 60.7 Å². The van der Waals surface area contributed by atoms with Gasteiger partial charge < -0.3 is 9.47 Å². The molecule has 4 rings (SSSR count). The summed E-state index contributed by atoms with van der Waals surface area (Å²) in [6, 6.07) is 29.2. The summed E-state index contributed by atoms with van der Waals surface area (Å²) in [6.07, 6.45) is 8.75. The van der Waals surface area contributed by atoms with Gasteiger partial charge in [-0.15, -0.1) is 0 Å². The van der Waals surface area contributed by atoms with E-state index in [1.807, 2.05) is 48.6 Å². The van der Waals surface area contributed by atoms with Gasteiger partial charge in [-0.05, 0) is 44.8 Å². The maximum atomic E-state index is 11.7. The van der Waals surface area contributed by atoms with Gasteiger partial charge in [-0.25, -0.2) is 4.79 Å². The Morgan fingerprint density at radius 1 is 0.594 bits per heavy atom. The molecule has 0 aliphatic heterocycles. The van der Waals surface area contributed by atoms with Crippen LogP contribution in [0.1, 0.15) is 24.0 Å². The van der Waals surface area contributed by atoms with Gasteiger partial charge in [0, 0.05) is 12.8 Å². The van der Waals surface area contributed by atoms with E-state index in [1.165, 1.54) is 21.5 Å². The van der Waals surface area contributed by atoms with Gasteiger partial charge in [-0.2, -0.15) is 0 Å². The zero-order chi connectivity index (χ0) is 22.0. The zero-order valence-corrected chi connectivity index (χ0v) is 17.9. The summed E-state index contributed by atoms with van der Waals surface area (Å²) in [5.41, 5.74) is 2.26. The summed E-state index contributed by atoms with van der Waals surface area (Å²) >= 11 is 0. The molecule has 3 heteroatoms. The van der Waals surface area contributed by atoms with Crippen LogP contribution in [0.2, 0.25) is 0 Å². The summed E-state index contributed by atoms with van der Waals surface area (Å²) in [5.74, 6) is 0. The van der Waals surface area contributed by atoms with Crippen molar-refractivity contribution < 1.29 is 14.3 Å². The quantitative estimate of drug-likeness (QED) is 0.216. The number of carbonyl (C=O) groups is 1. The Bertz CT molecular complexity index is 1160. The minimum Gasteiger partial charge on any atom is -0.434 e. The lowest BCUT2D eigenvalue weighted by Crippen LogP contribution is -2.08. The standard InChI is InChI=1S/C29H26O3/c30-29(31-19-7-5-9-23-15-17-25-11-1-3-13-27(25)21-23)32-20-8-6-10-24-16-18-26-12-2-4-14-28(26)22-24/h1-6,9-18,21-22H,7-8,19-20H2/b9-5+,10-6+. The molecular weight excluding hydrogens is 396 g/mol. The van der Waals surface area contributed by atoms with Crippen molar-refractivity contribution in [2.24, 2.45) is 0 Å². The summed E-state index contributed by atoms with van der Waals surface area (Å²) in [5, 5.41) is 4.87. The lowest BCUT2D eigenvalue weighted by Gasteiger charge is -2.04. The molecule has 0 fully saturated rings. The minimum atomic E-state index is -0.622. The second kappa shape index (κ2) is 11.0. The summed E-state index contributed by atoms with van der Waals surface area (Å²) in [4.78, 5) is 11.7. The molecule has 0 aliphatic carbocycles. The van der Waals surface area contributed by atoms with E-state index in [1.54, 1.807) is 0 Å². The van der Waals surface area contributed by atoms with Gasteiger partial charge in [0.15, 0.2) is 0 Å². The second-order valence-corrected chi connectivity index (χ2v) is 7.54. The highest BCUT2D eigenvalue weighted by molar-refractivity contribution is 5.85. The molecule has 0 atom stereocenters. The largest absolute Gasteiger partial charge is 0.508 e. The van der Waals surface area contributed by atoms with Gasteiger partial charge in [0.1, 0.15) is 0 Å². The molecule has 0 aromatic heterocycles. The number of hydrogen-bond acceptors (Lipinski definition) is 3. The molecule has 160 valence electrons. The third-order valence-corrected chi connectivity index (χ3v) is 5.18. The van der Waals surface area contributed by atoms with Crippen LogP contribution in [0.3, 0.4) is 0 Å². The van der Waals surface area contributed by atoms with E-state index in [9.17, 15) is 4.79 Å². The van der Waals surface area contributed by atoms with Gasteiger partial charge in [0.05, 0.1) is 13.2 Å². The lowest BCUT2D eigenvalue weighted by molar-refractivity contribution is 0.0578. The first-order chi connectivity index (χ1) is 15.8. The molecule has 0 saturated heterocycles. The lowest BCUT2D eigenvalue weighted by atomic mass is 10.1. The van der Waals surface area contributed by atoms with E-state index < -0.39 is 6.16 Å². The fraction of sp³-hybridized carbons (Fsp3) is 0.138. The highest BCUT2D eigenvalue weighted by Crippen LogP contribution is 2.17. The summed E-state index contributed by atoms with van der Waals surface area (Å²) < 4.78 is 10.3.